The first-order valence-corrected chi connectivity index (χ1v) is 6.91. The van der Waals surface area contributed by atoms with E-state index in [-0.39, 0.29) is 12.5 Å². The standard InChI is InChI=1S/C18H15NO3/c1-22-14-8-4-6-13(12-14)7-5-11-19-17(20)15-9-2-3-10-16(15)18(19)21/h2-4,6,8-10,12,17,20H,11H2,1H3. The molecule has 0 bridgehead atoms. The van der Waals surface area contributed by atoms with Crippen LogP contribution in [0, 0.1) is 11.8 Å². The van der Waals surface area contributed by atoms with Gasteiger partial charge in [0, 0.05) is 16.7 Å². The fourth-order valence-corrected chi connectivity index (χ4v) is 2.44. The van der Waals surface area contributed by atoms with Gasteiger partial charge in [-0.15, -0.1) is 0 Å². The Kier molecular flexibility index (Phi) is 3.82. The van der Waals surface area contributed by atoms with Crippen molar-refractivity contribution in [2.45, 2.75) is 6.23 Å². The molecule has 1 N–H and O–H groups in total. The zero-order valence-corrected chi connectivity index (χ0v) is 12.1. The molecular weight excluding hydrogens is 278 g/mol. The number of carbonyl (C=O) groups excluding carboxylic acids is 1. The zero-order valence-electron chi connectivity index (χ0n) is 12.1. The molecule has 1 heterocycles. The van der Waals surface area contributed by atoms with Crippen LogP contribution in [0.5, 0.6) is 5.75 Å². The Morgan fingerprint density at radius 2 is 2.05 bits per heavy atom. The topological polar surface area (TPSA) is 49.8 Å². The first-order chi connectivity index (χ1) is 10.7. The van der Waals surface area contributed by atoms with E-state index in [1.807, 2.05) is 24.3 Å². The summed E-state index contributed by atoms with van der Waals surface area (Å²) in [6, 6.07) is 14.5. The second-order valence-electron chi connectivity index (χ2n) is 4.93. The molecule has 1 unspecified atom stereocenters. The van der Waals surface area contributed by atoms with Gasteiger partial charge in [0.2, 0.25) is 0 Å². The smallest absolute Gasteiger partial charge is 0.257 e. The highest BCUT2D eigenvalue weighted by atomic mass is 16.5. The van der Waals surface area contributed by atoms with Gasteiger partial charge in [0.05, 0.1) is 13.7 Å². The molecule has 0 fully saturated rings. The maximum Gasteiger partial charge on any atom is 0.257 e. The number of nitrogens with zero attached hydrogens (tertiary/aromatic N) is 1. The molecule has 110 valence electrons. The third-order valence-corrected chi connectivity index (χ3v) is 3.58. The average Bonchev–Trinajstić information content (AvgIpc) is 2.80. The van der Waals surface area contributed by atoms with Gasteiger partial charge in [-0.3, -0.25) is 9.69 Å². The largest absolute Gasteiger partial charge is 0.497 e. The van der Waals surface area contributed by atoms with Crippen LogP contribution in [0.15, 0.2) is 48.5 Å². The molecule has 4 heteroatoms. The Bertz CT molecular complexity index is 773. The molecule has 0 aliphatic carbocycles. The molecule has 3 rings (SSSR count). The fraction of sp³-hybridized carbons (Fsp3) is 0.167. The maximum absolute atomic E-state index is 12.2. The van der Waals surface area contributed by atoms with E-state index >= 15 is 0 Å². The van der Waals surface area contributed by atoms with E-state index in [2.05, 4.69) is 11.8 Å². The van der Waals surface area contributed by atoms with Crippen LogP contribution in [0.4, 0.5) is 0 Å². The van der Waals surface area contributed by atoms with Gasteiger partial charge in [-0.25, -0.2) is 0 Å². The Hall–Kier alpha value is -2.77. The summed E-state index contributed by atoms with van der Waals surface area (Å²) in [6.07, 6.45) is -0.927. The van der Waals surface area contributed by atoms with Crippen LogP contribution in [-0.2, 0) is 0 Å². The minimum atomic E-state index is -0.927. The lowest BCUT2D eigenvalue weighted by molar-refractivity contribution is 0.0241. The van der Waals surface area contributed by atoms with Crippen molar-refractivity contribution in [2.24, 2.45) is 0 Å². The third-order valence-electron chi connectivity index (χ3n) is 3.58. The molecule has 0 radical (unpaired) electrons. The molecule has 0 spiro atoms. The van der Waals surface area contributed by atoms with Crippen molar-refractivity contribution in [3.8, 4) is 17.6 Å². The van der Waals surface area contributed by atoms with Crippen LogP contribution >= 0.6 is 0 Å². The van der Waals surface area contributed by atoms with Gasteiger partial charge in [0.1, 0.15) is 5.75 Å². The zero-order chi connectivity index (χ0) is 15.5. The molecule has 1 aliphatic heterocycles. The van der Waals surface area contributed by atoms with Gasteiger partial charge in [-0.05, 0) is 24.3 Å². The number of benzene rings is 2. The van der Waals surface area contributed by atoms with Crippen LogP contribution in [-0.4, -0.2) is 29.6 Å². The highest BCUT2D eigenvalue weighted by Crippen LogP contribution is 2.30. The molecule has 4 nitrogen and oxygen atoms in total. The van der Waals surface area contributed by atoms with Crippen molar-refractivity contribution in [3.63, 3.8) is 0 Å². The molecule has 1 atom stereocenters. The Labute approximate surface area is 129 Å². The number of amides is 1. The van der Waals surface area contributed by atoms with E-state index < -0.39 is 6.23 Å². The predicted molar refractivity (Wildman–Crippen MR) is 82.3 cm³/mol. The van der Waals surface area contributed by atoms with Crippen molar-refractivity contribution < 1.29 is 14.6 Å². The lowest BCUT2D eigenvalue weighted by Crippen LogP contribution is -2.28. The Morgan fingerprint density at radius 3 is 2.82 bits per heavy atom. The summed E-state index contributed by atoms with van der Waals surface area (Å²) >= 11 is 0. The van der Waals surface area contributed by atoms with E-state index in [0.29, 0.717) is 11.1 Å². The van der Waals surface area contributed by atoms with Crippen LogP contribution < -0.4 is 4.74 Å². The lowest BCUT2D eigenvalue weighted by atomic mass is 10.1. The van der Waals surface area contributed by atoms with Gasteiger partial charge in [-0.1, -0.05) is 36.1 Å². The molecule has 0 saturated heterocycles. The number of hydrogen-bond acceptors (Lipinski definition) is 3. The number of rotatable bonds is 2. The Balaban J connectivity index is 1.76. The normalized spacial score (nSPS) is 16.0. The lowest BCUT2D eigenvalue weighted by Gasteiger charge is -2.17. The van der Waals surface area contributed by atoms with E-state index in [9.17, 15) is 9.90 Å². The van der Waals surface area contributed by atoms with E-state index in [4.69, 9.17) is 4.74 Å². The molecule has 2 aromatic rings. The van der Waals surface area contributed by atoms with Crippen LogP contribution in [0.1, 0.15) is 27.7 Å². The molecule has 0 saturated carbocycles. The number of aliphatic hydroxyl groups excluding tert-OH is 1. The molecule has 2 aromatic carbocycles. The van der Waals surface area contributed by atoms with Gasteiger partial charge in [-0.2, -0.15) is 0 Å². The highest BCUT2D eigenvalue weighted by Gasteiger charge is 2.34. The van der Waals surface area contributed by atoms with Gasteiger partial charge in [0.15, 0.2) is 6.23 Å². The quantitative estimate of drug-likeness (QED) is 0.864. The van der Waals surface area contributed by atoms with Gasteiger partial charge in [0.25, 0.3) is 5.91 Å². The number of fused-ring (bicyclic) bond motifs is 1. The molecule has 22 heavy (non-hydrogen) atoms. The number of methoxy groups -OCH3 is 1. The van der Waals surface area contributed by atoms with E-state index in [0.717, 1.165) is 11.3 Å². The number of ether oxygens (including phenoxy) is 1. The fourth-order valence-electron chi connectivity index (χ4n) is 2.44. The summed E-state index contributed by atoms with van der Waals surface area (Å²) < 4.78 is 5.14. The van der Waals surface area contributed by atoms with Crippen molar-refractivity contribution in [1.82, 2.24) is 4.90 Å². The third kappa shape index (κ3) is 2.54. The molecule has 1 amide bonds. The number of carbonyl (C=O) groups is 1. The van der Waals surface area contributed by atoms with Gasteiger partial charge >= 0.3 is 0 Å². The second-order valence-corrected chi connectivity index (χ2v) is 4.93. The first-order valence-electron chi connectivity index (χ1n) is 6.91. The SMILES string of the molecule is COc1cccc(C#CCN2C(=O)c3ccccc3C2O)c1. The minimum Gasteiger partial charge on any atom is -0.497 e. The molecule has 1 aliphatic rings. The Morgan fingerprint density at radius 1 is 1.23 bits per heavy atom. The van der Waals surface area contributed by atoms with E-state index in [1.54, 1.807) is 31.4 Å². The van der Waals surface area contributed by atoms with Crippen LogP contribution in [0.3, 0.4) is 0 Å². The van der Waals surface area contributed by atoms with Crippen molar-refractivity contribution in [3.05, 3.63) is 65.2 Å². The van der Waals surface area contributed by atoms with Crippen molar-refractivity contribution in [2.75, 3.05) is 13.7 Å². The van der Waals surface area contributed by atoms with Gasteiger partial charge < -0.3 is 9.84 Å². The summed E-state index contributed by atoms with van der Waals surface area (Å²) in [6.45, 7) is 0.173. The van der Waals surface area contributed by atoms with Crippen LogP contribution in [0.25, 0.3) is 0 Å². The van der Waals surface area contributed by atoms with Crippen molar-refractivity contribution >= 4 is 5.91 Å². The van der Waals surface area contributed by atoms with Crippen molar-refractivity contribution in [1.29, 1.82) is 0 Å². The average molecular weight is 293 g/mol. The first kappa shape index (κ1) is 14.2. The summed E-state index contributed by atoms with van der Waals surface area (Å²) in [4.78, 5) is 13.6. The molecule has 0 aromatic heterocycles. The van der Waals surface area contributed by atoms with Crippen LogP contribution in [0.2, 0.25) is 0 Å². The monoisotopic (exact) mass is 293 g/mol. The number of aliphatic hydroxyl groups is 1. The summed E-state index contributed by atoms with van der Waals surface area (Å²) in [5.74, 6) is 6.45. The maximum atomic E-state index is 12.2. The molecular formula is C18H15NO3. The summed E-state index contributed by atoms with van der Waals surface area (Å²) in [7, 11) is 1.60. The number of hydrogen-bond donors (Lipinski definition) is 1. The second kappa shape index (κ2) is 5.92. The minimum absolute atomic E-state index is 0.173. The summed E-state index contributed by atoms with van der Waals surface area (Å²) in [5, 5.41) is 10.2. The predicted octanol–water partition coefficient (Wildman–Crippen LogP) is 2.19. The summed E-state index contributed by atoms with van der Waals surface area (Å²) in [5.41, 5.74) is 1.98. The highest BCUT2D eigenvalue weighted by molar-refractivity contribution is 5.99. The van der Waals surface area contributed by atoms with E-state index in [1.165, 1.54) is 4.90 Å².